The van der Waals surface area contributed by atoms with Crippen molar-refractivity contribution in [2.24, 2.45) is 5.73 Å². The number of piperidine rings is 1. The van der Waals surface area contributed by atoms with Crippen LogP contribution in [0, 0.1) is 0 Å². The summed E-state index contributed by atoms with van der Waals surface area (Å²) < 4.78 is 5.29. The van der Waals surface area contributed by atoms with Crippen LogP contribution >= 0.6 is 0 Å². The van der Waals surface area contributed by atoms with Crippen LogP contribution in [-0.4, -0.2) is 42.1 Å². The van der Waals surface area contributed by atoms with Crippen LogP contribution in [0.3, 0.4) is 0 Å². The number of ether oxygens (including phenoxy) is 1. The normalized spacial score (nSPS) is 38.0. The molecule has 2 rings (SSSR count). The van der Waals surface area contributed by atoms with Gasteiger partial charge in [-0.3, -0.25) is 9.69 Å². The average Bonchev–Trinajstić information content (AvgIpc) is 2.47. The maximum absolute atomic E-state index is 10.9. The molecule has 0 bridgehead atoms. The minimum atomic E-state index is -0.160. The zero-order valence-electron chi connectivity index (χ0n) is 8.61. The SMILES string of the molecule is CC(=O)O[C@@H]1CCN2C[C@H](N)CC[C@H]12. The van der Waals surface area contributed by atoms with Gasteiger partial charge in [0.25, 0.3) is 0 Å². The summed E-state index contributed by atoms with van der Waals surface area (Å²) in [5.41, 5.74) is 5.89. The fourth-order valence-corrected chi connectivity index (χ4v) is 2.61. The minimum Gasteiger partial charge on any atom is -0.461 e. The van der Waals surface area contributed by atoms with Gasteiger partial charge in [0.1, 0.15) is 6.10 Å². The van der Waals surface area contributed by atoms with Crippen LogP contribution in [0.4, 0.5) is 0 Å². The second-order valence-electron chi connectivity index (χ2n) is 4.34. The van der Waals surface area contributed by atoms with Crippen molar-refractivity contribution in [3.05, 3.63) is 0 Å². The van der Waals surface area contributed by atoms with E-state index in [1.165, 1.54) is 6.92 Å². The fraction of sp³-hybridized carbons (Fsp3) is 0.900. The summed E-state index contributed by atoms with van der Waals surface area (Å²) in [4.78, 5) is 13.2. The molecule has 2 fully saturated rings. The molecule has 0 aromatic carbocycles. The van der Waals surface area contributed by atoms with Gasteiger partial charge in [0.2, 0.25) is 0 Å². The van der Waals surface area contributed by atoms with Gasteiger partial charge in [0, 0.05) is 32.1 Å². The second kappa shape index (κ2) is 3.87. The van der Waals surface area contributed by atoms with Crippen LogP contribution in [0.15, 0.2) is 0 Å². The highest BCUT2D eigenvalue weighted by atomic mass is 16.5. The molecule has 14 heavy (non-hydrogen) atoms. The molecule has 2 aliphatic heterocycles. The molecule has 0 radical (unpaired) electrons. The smallest absolute Gasteiger partial charge is 0.302 e. The number of fused-ring (bicyclic) bond motifs is 1. The molecule has 0 amide bonds. The monoisotopic (exact) mass is 198 g/mol. The third kappa shape index (κ3) is 1.91. The van der Waals surface area contributed by atoms with Crippen molar-refractivity contribution < 1.29 is 9.53 Å². The highest BCUT2D eigenvalue weighted by Crippen LogP contribution is 2.28. The second-order valence-corrected chi connectivity index (χ2v) is 4.34. The Labute approximate surface area is 84.4 Å². The number of nitrogens with zero attached hydrogens (tertiary/aromatic N) is 1. The Morgan fingerprint density at radius 2 is 2.21 bits per heavy atom. The molecule has 4 heteroatoms. The number of hydrogen-bond donors (Lipinski definition) is 1. The third-order valence-electron chi connectivity index (χ3n) is 3.22. The van der Waals surface area contributed by atoms with Crippen molar-refractivity contribution in [1.29, 1.82) is 0 Å². The highest BCUT2D eigenvalue weighted by Gasteiger charge is 2.39. The van der Waals surface area contributed by atoms with Gasteiger partial charge in [-0.05, 0) is 19.3 Å². The largest absolute Gasteiger partial charge is 0.461 e. The first-order valence-corrected chi connectivity index (χ1v) is 5.33. The molecule has 80 valence electrons. The molecule has 2 saturated heterocycles. The predicted octanol–water partition coefficient (Wildman–Crippen LogP) is 0.114. The number of esters is 1. The summed E-state index contributed by atoms with van der Waals surface area (Å²) in [6, 6.07) is 0.737. The number of rotatable bonds is 1. The lowest BCUT2D eigenvalue weighted by atomic mass is 9.98. The molecular weight excluding hydrogens is 180 g/mol. The van der Waals surface area contributed by atoms with E-state index < -0.39 is 0 Å². The number of carbonyl (C=O) groups is 1. The zero-order valence-corrected chi connectivity index (χ0v) is 8.61. The Morgan fingerprint density at radius 1 is 1.43 bits per heavy atom. The third-order valence-corrected chi connectivity index (χ3v) is 3.22. The molecule has 0 unspecified atom stereocenters. The van der Waals surface area contributed by atoms with Gasteiger partial charge in [-0.1, -0.05) is 0 Å². The molecule has 2 heterocycles. The first kappa shape index (κ1) is 9.93. The van der Waals surface area contributed by atoms with E-state index in [0.29, 0.717) is 12.1 Å². The lowest BCUT2D eigenvalue weighted by molar-refractivity contribution is -0.147. The van der Waals surface area contributed by atoms with E-state index in [0.717, 1.165) is 32.4 Å². The van der Waals surface area contributed by atoms with Crippen molar-refractivity contribution in [2.75, 3.05) is 13.1 Å². The molecule has 0 aromatic heterocycles. The Morgan fingerprint density at radius 3 is 2.93 bits per heavy atom. The molecule has 0 saturated carbocycles. The van der Waals surface area contributed by atoms with E-state index in [1.54, 1.807) is 0 Å². The summed E-state index contributed by atoms with van der Waals surface area (Å²) in [6.07, 6.45) is 3.20. The lowest BCUT2D eigenvalue weighted by Gasteiger charge is -2.34. The quantitative estimate of drug-likeness (QED) is 0.608. The molecular formula is C10H18N2O2. The first-order chi connectivity index (χ1) is 6.66. The predicted molar refractivity (Wildman–Crippen MR) is 52.7 cm³/mol. The molecule has 0 aliphatic carbocycles. The van der Waals surface area contributed by atoms with Crippen molar-refractivity contribution in [2.45, 2.75) is 44.4 Å². The zero-order chi connectivity index (χ0) is 10.1. The maximum atomic E-state index is 10.9. The van der Waals surface area contributed by atoms with Gasteiger partial charge < -0.3 is 10.5 Å². The summed E-state index contributed by atoms with van der Waals surface area (Å²) >= 11 is 0. The van der Waals surface area contributed by atoms with E-state index in [9.17, 15) is 4.79 Å². The van der Waals surface area contributed by atoms with Crippen LogP contribution in [-0.2, 0) is 9.53 Å². The molecule has 3 atom stereocenters. The van der Waals surface area contributed by atoms with Gasteiger partial charge in [0.15, 0.2) is 0 Å². The number of nitrogens with two attached hydrogens (primary N) is 1. The lowest BCUT2D eigenvalue weighted by Crippen LogP contribution is -2.48. The molecule has 2 aliphatic rings. The molecule has 0 spiro atoms. The Hall–Kier alpha value is -0.610. The first-order valence-electron chi connectivity index (χ1n) is 5.33. The topological polar surface area (TPSA) is 55.6 Å². The number of hydrogen-bond acceptors (Lipinski definition) is 4. The Bertz CT molecular complexity index is 232. The molecule has 4 nitrogen and oxygen atoms in total. The Kier molecular flexibility index (Phi) is 2.74. The summed E-state index contributed by atoms with van der Waals surface area (Å²) in [7, 11) is 0. The van der Waals surface area contributed by atoms with Crippen molar-refractivity contribution in [3.8, 4) is 0 Å². The van der Waals surface area contributed by atoms with E-state index in [1.807, 2.05) is 0 Å². The van der Waals surface area contributed by atoms with Crippen LogP contribution in [0.2, 0.25) is 0 Å². The number of carbonyl (C=O) groups excluding carboxylic acids is 1. The summed E-state index contributed by atoms with van der Waals surface area (Å²) in [5, 5.41) is 0. The van der Waals surface area contributed by atoms with Gasteiger partial charge >= 0.3 is 5.97 Å². The van der Waals surface area contributed by atoms with Gasteiger partial charge in [-0.15, -0.1) is 0 Å². The standard InChI is InChI=1S/C10H18N2O2/c1-7(13)14-10-4-5-12-6-8(11)2-3-9(10)12/h8-10H,2-6,11H2,1H3/t8-,9-,10-/m1/s1. The Balaban J connectivity index is 1.95. The van der Waals surface area contributed by atoms with Crippen molar-refractivity contribution >= 4 is 5.97 Å². The van der Waals surface area contributed by atoms with Crippen LogP contribution in [0.1, 0.15) is 26.2 Å². The van der Waals surface area contributed by atoms with E-state index >= 15 is 0 Å². The van der Waals surface area contributed by atoms with E-state index in [4.69, 9.17) is 10.5 Å². The minimum absolute atomic E-state index is 0.111. The van der Waals surface area contributed by atoms with E-state index in [2.05, 4.69) is 4.90 Å². The maximum Gasteiger partial charge on any atom is 0.302 e. The van der Waals surface area contributed by atoms with Gasteiger partial charge in [-0.2, -0.15) is 0 Å². The van der Waals surface area contributed by atoms with Crippen LogP contribution < -0.4 is 5.73 Å². The van der Waals surface area contributed by atoms with Crippen LogP contribution in [0.25, 0.3) is 0 Å². The highest BCUT2D eigenvalue weighted by molar-refractivity contribution is 5.66. The van der Waals surface area contributed by atoms with Crippen molar-refractivity contribution in [3.63, 3.8) is 0 Å². The van der Waals surface area contributed by atoms with Gasteiger partial charge in [0.05, 0.1) is 0 Å². The average molecular weight is 198 g/mol. The van der Waals surface area contributed by atoms with Crippen LogP contribution in [0.5, 0.6) is 0 Å². The molecule has 0 aromatic rings. The summed E-state index contributed by atoms with van der Waals surface area (Å²) in [5.74, 6) is -0.160. The van der Waals surface area contributed by atoms with Crippen molar-refractivity contribution in [1.82, 2.24) is 4.90 Å². The van der Waals surface area contributed by atoms with E-state index in [-0.39, 0.29) is 12.1 Å². The van der Waals surface area contributed by atoms with Gasteiger partial charge in [-0.25, -0.2) is 0 Å². The fourth-order valence-electron chi connectivity index (χ4n) is 2.61. The molecule has 2 N–H and O–H groups in total. The summed E-state index contributed by atoms with van der Waals surface area (Å²) in [6.45, 7) is 3.47.